The predicted molar refractivity (Wildman–Crippen MR) is 57.8 cm³/mol. The smallest absolute Gasteiger partial charge is 0.242 e. The van der Waals surface area contributed by atoms with Crippen LogP contribution >= 0.6 is 0 Å². The van der Waals surface area contributed by atoms with Gasteiger partial charge in [-0.25, -0.2) is 4.68 Å². The van der Waals surface area contributed by atoms with E-state index in [0.29, 0.717) is 0 Å². The van der Waals surface area contributed by atoms with Gasteiger partial charge < -0.3 is 9.73 Å². The summed E-state index contributed by atoms with van der Waals surface area (Å²) in [6, 6.07) is 3.53. The fourth-order valence-electron chi connectivity index (χ4n) is 1.44. The lowest BCUT2D eigenvalue weighted by atomic mass is 10.2. The maximum atomic E-state index is 11.6. The Morgan fingerprint density at radius 2 is 2.41 bits per heavy atom. The minimum absolute atomic E-state index is 0.0943. The molecular formula is C10H13N5O2. The zero-order chi connectivity index (χ0) is 12.3. The van der Waals surface area contributed by atoms with Gasteiger partial charge in [0.1, 0.15) is 24.4 Å². The molecule has 2 rings (SSSR count). The number of aryl methyl sites for hydroxylation is 1. The molecule has 7 nitrogen and oxygen atoms in total. The molecule has 0 unspecified atom stereocenters. The van der Waals surface area contributed by atoms with Crippen molar-refractivity contribution in [2.75, 3.05) is 0 Å². The van der Waals surface area contributed by atoms with Crippen LogP contribution in [0.5, 0.6) is 0 Å². The molecule has 0 aliphatic carbocycles. The first-order valence-corrected chi connectivity index (χ1v) is 5.21. The molecular weight excluding hydrogens is 222 g/mol. The highest BCUT2D eigenvalue weighted by Gasteiger charge is 2.13. The van der Waals surface area contributed by atoms with Crippen molar-refractivity contribution in [1.82, 2.24) is 25.5 Å². The highest BCUT2D eigenvalue weighted by molar-refractivity contribution is 5.75. The van der Waals surface area contributed by atoms with Crippen molar-refractivity contribution < 1.29 is 9.21 Å². The summed E-state index contributed by atoms with van der Waals surface area (Å²) in [5.41, 5.74) is 0. The third-order valence-electron chi connectivity index (χ3n) is 2.26. The second-order valence-electron chi connectivity index (χ2n) is 3.75. The van der Waals surface area contributed by atoms with E-state index in [4.69, 9.17) is 4.42 Å². The highest BCUT2D eigenvalue weighted by atomic mass is 16.3. The summed E-state index contributed by atoms with van der Waals surface area (Å²) in [5, 5.41) is 13.3. The van der Waals surface area contributed by atoms with Crippen LogP contribution in [0.15, 0.2) is 22.9 Å². The molecule has 0 fully saturated rings. The van der Waals surface area contributed by atoms with Gasteiger partial charge in [-0.3, -0.25) is 4.79 Å². The van der Waals surface area contributed by atoms with E-state index in [1.54, 1.807) is 0 Å². The van der Waals surface area contributed by atoms with Crippen molar-refractivity contribution >= 4 is 5.91 Å². The Morgan fingerprint density at radius 1 is 1.59 bits per heavy atom. The molecule has 0 aliphatic heterocycles. The Hall–Kier alpha value is -2.18. The minimum Gasteiger partial charge on any atom is -0.464 e. The molecule has 7 heteroatoms. The number of aromatic nitrogens is 4. The van der Waals surface area contributed by atoms with Gasteiger partial charge in [0.25, 0.3) is 0 Å². The maximum absolute atomic E-state index is 11.6. The summed E-state index contributed by atoms with van der Waals surface area (Å²) in [7, 11) is 0. The van der Waals surface area contributed by atoms with E-state index < -0.39 is 0 Å². The van der Waals surface area contributed by atoms with Crippen molar-refractivity contribution in [1.29, 1.82) is 0 Å². The lowest BCUT2D eigenvalue weighted by Crippen LogP contribution is -2.30. The number of furan rings is 1. The van der Waals surface area contributed by atoms with E-state index in [-0.39, 0.29) is 18.5 Å². The summed E-state index contributed by atoms with van der Waals surface area (Å²) in [5.74, 6) is 1.38. The van der Waals surface area contributed by atoms with Crippen molar-refractivity contribution in [2.45, 2.75) is 26.4 Å². The molecule has 2 aromatic rings. The molecule has 2 heterocycles. The number of nitrogens with one attached hydrogen (secondary N) is 1. The Balaban J connectivity index is 1.90. The molecule has 90 valence electrons. The first-order valence-electron chi connectivity index (χ1n) is 5.21. The predicted octanol–water partition coefficient (Wildman–Crippen LogP) is 0.452. The lowest BCUT2D eigenvalue weighted by molar-refractivity contribution is -0.122. The standard InChI is InChI=1S/C10H13N5O2/c1-7-3-4-9(17-7)8(2)12-10(16)5-15-6-11-13-14-15/h3-4,6,8H,5H2,1-2H3,(H,12,16)/t8-/m0/s1. The molecule has 0 spiro atoms. The lowest BCUT2D eigenvalue weighted by Gasteiger charge is -2.10. The molecule has 1 amide bonds. The molecule has 0 saturated heterocycles. The van der Waals surface area contributed by atoms with Crippen LogP contribution < -0.4 is 5.32 Å². The maximum Gasteiger partial charge on any atom is 0.242 e. The average Bonchev–Trinajstić information content (AvgIpc) is 2.89. The van der Waals surface area contributed by atoms with Crippen molar-refractivity contribution in [2.24, 2.45) is 0 Å². The number of nitrogens with zero attached hydrogens (tertiary/aromatic N) is 4. The van der Waals surface area contributed by atoms with Crippen LogP contribution in [-0.2, 0) is 11.3 Å². The Bertz CT molecular complexity index is 491. The fourth-order valence-corrected chi connectivity index (χ4v) is 1.44. The normalized spacial score (nSPS) is 12.4. The molecule has 0 radical (unpaired) electrons. The van der Waals surface area contributed by atoms with Gasteiger partial charge in [0.2, 0.25) is 5.91 Å². The number of rotatable bonds is 4. The zero-order valence-corrected chi connectivity index (χ0v) is 9.62. The van der Waals surface area contributed by atoms with Gasteiger partial charge in [-0.15, -0.1) is 5.10 Å². The van der Waals surface area contributed by atoms with E-state index in [1.165, 1.54) is 11.0 Å². The average molecular weight is 235 g/mol. The third-order valence-corrected chi connectivity index (χ3v) is 2.26. The van der Waals surface area contributed by atoms with Crippen LogP contribution in [0.4, 0.5) is 0 Å². The van der Waals surface area contributed by atoms with Crippen LogP contribution in [0, 0.1) is 6.92 Å². The largest absolute Gasteiger partial charge is 0.464 e. The Morgan fingerprint density at radius 3 is 3.00 bits per heavy atom. The van der Waals surface area contributed by atoms with Gasteiger partial charge in [-0.1, -0.05) is 0 Å². The zero-order valence-electron chi connectivity index (χ0n) is 9.62. The number of tetrazole rings is 1. The number of hydrogen-bond acceptors (Lipinski definition) is 5. The minimum atomic E-state index is -0.173. The van der Waals surface area contributed by atoms with E-state index >= 15 is 0 Å². The summed E-state index contributed by atoms with van der Waals surface area (Å²) in [4.78, 5) is 11.6. The molecule has 0 bridgehead atoms. The van der Waals surface area contributed by atoms with Gasteiger partial charge in [0.15, 0.2) is 0 Å². The van der Waals surface area contributed by atoms with Gasteiger partial charge >= 0.3 is 0 Å². The van der Waals surface area contributed by atoms with Crippen LogP contribution in [-0.4, -0.2) is 26.1 Å². The van der Waals surface area contributed by atoms with Gasteiger partial charge in [-0.05, 0) is 36.4 Å². The van der Waals surface area contributed by atoms with Crippen LogP contribution in [0.25, 0.3) is 0 Å². The molecule has 17 heavy (non-hydrogen) atoms. The summed E-state index contributed by atoms with van der Waals surface area (Å²) in [6.07, 6.45) is 1.39. The van der Waals surface area contributed by atoms with E-state index in [9.17, 15) is 4.79 Å². The first-order chi connectivity index (χ1) is 8.15. The SMILES string of the molecule is Cc1ccc([C@H](C)NC(=O)Cn2cnnn2)o1. The second-order valence-corrected chi connectivity index (χ2v) is 3.75. The number of amides is 1. The molecule has 2 aromatic heterocycles. The second kappa shape index (κ2) is 4.77. The van der Waals surface area contributed by atoms with Crippen LogP contribution in [0.1, 0.15) is 24.5 Å². The number of hydrogen-bond donors (Lipinski definition) is 1. The summed E-state index contributed by atoms with van der Waals surface area (Å²) in [6.45, 7) is 3.81. The third kappa shape index (κ3) is 2.90. The fraction of sp³-hybridized carbons (Fsp3) is 0.400. The van der Waals surface area contributed by atoms with E-state index in [0.717, 1.165) is 11.5 Å². The molecule has 0 saturated carbocycles. The van der Waals surface area contributed by atoms with Gasteiger partial charge in [-0.2, -0.15) is 0 Å². The Kier molecular flexibility index (Phi) is 3.17. The van der Waals surface area contributed by atoms with Crippen molar-refractivity contribution in [3.63, 3.8) is 0 Å². The molecule has 1 N–H and O–H groups in total. The summed E-state index contributed by atoms with van der Waals surface area (Å²) >= 11 is 0. The molecule has 0 aromatic carbocycles. The van der Waals surface area contributed by atoms with Gasteiger partial charge in [0, 0.05) is 0 Å². The first kappa shape index (κ1) is 11.3. The molecule has 1 atom stereocenters. The van der Waals surface area contributed by atoms with Crippen molar-refractivity contribution in [3.05, 3.63) is 30.0 Å². The Labute approximate surface area is 97.8 Å². The number of carbonyl (C=O) groups is 1. The summed E-state index contributed by atoms with van der Waals surface area (Å²) < 4.78 is 6.78. The topological polar surface area (TPSA) is 85.8 Å². The molecule has 0 aliphatic rings. The van der Waals surface area contributed by atoms with Gasteiger partial charge in [0.05, 0.1) is 6.04 Å². The van der Waals surface area contributed by atoms with E-state index in [2.05, 4.69) is 20.8 Å². The van der Waals surface area contributed by atoms with Crippen LogP contribution in [0.2, 0.25) is 0 Å². The highest BCUT2D eigenvalue weighted by Crippen LogP contribution is 2.15. The van der Waals surface area contributed by atoms with E-state index in [1.807, 2.05) is 26.0 Å². The quantitative estimate of drug-likeness (QED) is 0.831. The van der Waals surface area contributed by atoms with Crippen molar-refractivity contribution in [3.8, 4) is 0 Å². The van der Waals surface area contributed by atoms with Crippen LogP contribution in [0.3, 0.4) is 0 Å². The monoisotopic (exact) mass is 235 g/mol. The number of carbonyl (C=O) groups excluding carboxylic acids is 1.